The topological polar surface area (TPSA) is 59.6 Å². The molecule has 0 amide bonds. The first-order chi connectivity index (χ1) is 11.5. The number of carbonyl (C=O) groups excluding carboxylic acids is 1. The number of hydrogen-bond acceptors (Lipinski definition) is 5. The van der Waals surface area contributed by atoms with Crippen LogP contribution in [-0.4, -0.2) is 25.3 Å². The largest absolute Gasteiger partial charge is 0.495 e. The third kappa shape index (κ3) is 4.24. The van der Waals surface area contributed by atoms with Crippen molar-refractivity contribution >= 4 is 45.3 Å². The van der Waals surface area contributed by atoms with Crippen molar-refractivity contribution in [1.82, 2.24) is 0 Å². The Bertz CT molecular complexity index is 756. The van der Waals surface area contributed by atoms with Crippen LogP contribution >= 0.6 is 23.6 Å². The number of aryl methyl sites for hydroxylation is 2. The molecule has 1 heterocycles. The molecule has 128 valence electrons. The maximum absolute atomic E-state index is 11.9. The maximum Gasteiger partial charge on any atom is 0.340 e. The number of nitrogens with one attached hydrogen (secondary N) is 2. The lowest BCUT2D eigenvalue weighted by Gasteiger charge is -2.14. The van der Waals surface area contributed by atoms with Crippen LogP contribution in [0.2, 0.25) is 0 Å². The summed E-state index contributed by atoms with van der Waals surface area (Å²) < 4.78 is 10.2. The van der Waals surface area contributed by atoms with Crippen LogP contribution in [0, 0.1) is 6.92 Å². The molecule has 0 fully saturated rings. The number of ether oxygens (including phenoxy) is 2. The molecule has 1 aromatic carbocycles. The minimum atomic E-state index is -0.385. The molecule has 7 heteroatoms. The number of thiocarbonyl (C=S) groups is 1. The number of esters is 1. The van der Waals surface area contributed by atoms with Crippen LogP contribution in [0.1, 0.15) is 27.7 Å². The van der Waals surface area contributed by atoms with Crippen LogP contribution in [0.15, 0.2) is 24.3 Å². The molecule has 24 heavy (non-hydrogen) atoms. The summed E-state index contributed by atoms with van der Waals surface area (Å²) in [5.74, 6) is 0.308. The van der Waals surface area contributed by atoms with Gasteiger partial charge in [0, 0.05) is 4.88 Å². The smallest absolute Gasteiger partial charge is 0.340 e. The molecule has 0 unspecified atom stereocenters. The van der Waals surface area contributed by atoms with Crippen molar-refractivity contribution in [3.63, 3.8) is 0 Å². The SMILES string of the molecule is CCc1cc(C(=O)OC)c(NC(=S)Nc2cc(C)ccc2OC)s1. The molecule has 0 aliphatic heterocycles. The fourth-order valence-corrected chi connectivity index (χ4v) is 3.41. The molecule has 0 radical (unpaired) electrons. The Morgan fingerprint density at radius 3 is 2.62 bits per heavy atom. The van der Waals surface area contributed by atoms with Crippen molar-refractivity contribution in [1.29, 1.82) is 0 Å². The van der Waals surface area contributed by atoms with E-state index in [2.05, 4.69) is 10.6 Å². The van der Waals surface area contributed by atoms with E-state index in [9.17, 15) is 4.79 Å². The summed E-state index contributed by atoms with van der Waals surface area (Å²) in [5, 5.41) is 7.25. The highest BCUT2D eigenvalue weighted by Gasteiger charge is 2.17. The quantitative estimate of drug-likeness (QED) is 0.612. The van der Waals surface area contributed by atoms with Crippen molar-refractivity contribution in [2.45, 2.75) is 20.3 Å². The molecule has 0 saturated carbocycles. The third-order valence-electron chi connectivity index (χ3n) is 3.37. The predicted octanol–water partition coefficient (Wildman–Crippen LogP) is 4.22. The molecule has 0 aliphatic rings. The molecule has 0 spiro atoms. The first-order valence-corrected chi connectivity index (χ1v) is 8.64. The standard InChI is InChI=1S/C17H20N2O3S2/c1-5-11-9-12(16(20)22-4)15(24-11)19-17(23)18-13-8-10(2)6-7-14(13)21-3/h6-9H,5H2,1-4H3,(H2,18,19,23). The third-order valence-corrected chi connectivity index (χ3v) is 4.77. The number of carbonyl (C=O) groups is 1. The lowest BCUT2D eigenvalue weighted by atomic mass is 10.2. The monoisotopic (exact) mass is 364 g/mol. The summed E-state index contributed by atoms with van der Waals surface area (Å²) in [6.45, 7) is 4.02. The van der Waals surface area contributed by atoms with Gasteiger partial charge in [0.25, 0.3) is 0 Å². The van der Waals surface area contributed by atoms with Gasteiger partial charge in [-0.1, -0.05) is 13.0 Å². The average Bonchev–Trinajstić information content (AvgIpc) is 2.97. The summed E-state index contributed by atoms with van der Waals surface area (Å²) >= 11 is 6.86. The van der Waals surface area contributed by atoms with Gasteiger partial charge < -0.3 is 20.1 Å². The highest BCUT2D eigenvalue weighted by Crippen LogP contribution is 2.30. The molecule has 0 aliphatic carbocycles. The molecule has 2 rings (SSSR count). The summed E-state index contributed by atoms with van der Waals surface area (Å²) in [7, 11) is 2.97. The second-order valence-electron chi connectivity index (χ2n) is 5.08. The van der Waals surface area contributed by atoms with Gasteiger partial charge in [-0.15, -0.1) is 11.3 Å². The van der Waals surface area contributed by atoms with Crippen molar-refractivity contribution in [3.8, 4) is 5.75 Å². The van der Waals surface area contributed by atoms with Gasteiger partial charge in [0.2, 0.25) is 0 Å². The Kier molecular flexibility index (Phi) is 6.16. The number of methoxy groups -OCH3 is 2. The van der Waals surface area contributed by atoms with E-state index >= 15 is 0 Å². The Morgan fingerprint density at radius 1 is 1.25 bits per heavy atom. The summed E-state index contributed by atoms with van der Waals surface area (Å²) in [6.07, 6.45) is 0.836. The Hall–Kier alpha value is -2.12. The minimum absolute atomic E-state index is 0.383. The van der Waals surface area contributed by atoms with Gasteiger partial charge in [-0.05, 0) is 49.3 Å². The number of hydrogen-bond donors (Lipinski definition) is 2. The van der Waals surface area contributed by atoms with Gasteiger partial charge in [0.1, 0.15) is 10.8 Å². The van der Waals surface area contributed by atoms with Gasteiger partial charge in [-0.3, -0.25) is 0 Å². The normalized spacial score (nSPS) is 10.2. The van der Waals surface area contributed by atoms with E-state index in [0.717, 1.165) is 22.5 Å². The van der Waals surface area contributed by atoms with Gasteiger partial charge in [-0.25, -0.2) is 4.79 Å². The van der Waals surface area contributed by atoms with Gasteiger partial charge in [0.15, 0.2) is 5.11 Å². The number of rotatable bonds is 5. The molecule has 2 aromatic rings. The molecule has 0 saturated heterocycles. The molecule has 2 N–H and O–H groups in total. The van der Waals surface area contributed by atoms with Crippen molar-refractivity contribution in [2.24, 2.45) is 0 Å². The highest BCUT2D eigenvalue weighted by molar-refractivity contribution is 7.80. The lowest BCUT2D eigenvalue weighted by Crippen LogP contribution is -2.20. The van der Waals surface area contributed by atoms with E-state index in [1.807, 2.05) is 38.1 Å². The zero-order valence-corrected chi connectivity index (χ0v) is 15.7. The lowest BCUT2D eigenvalue weighted by molar-refractivity contribution is 0.0602. The van der Waals surface area contributed by atoms with Crippen molar-refractivity contribution in [3.05, 3.63) is 40.3 Å². The Labute approximate surface area is 151 Å². The van der Waals surface area contributed by atoms with E-state index in [1.165, 1.54) is 18.4 Å². The first kappa shape index (κ1) is 18.2. The fourth-order valence-electron chi connectivity index (χ4n) is 2.15. The van der Waals surface area contributed by atoms with Crippen LogP contribution in [-0.2, 0) is 11.2 Å². The summed E-state index contributed by atoms with van der Waals surface area (Å²) in [6, 6.07) is 7.61. The second-order valence-corrected chi connectivity index (χ2v) is 6.63. The van der Waals surface area contributed by atoms with Crippen LogP contribution in [0.3, 0.4) is 0 Å². The Morgan fingerprint density at radius 2 is 2.00 bits per heavy atom. The van der Waals surface area contributed by atoms with Gasteiger partial charge >= 0.3 is 5.97 Å². The minimum Gasteiger partial charge on any atom is -0.495 e. The number of thiophene rings is 1. The fraction of sp³-hybridized carbons (Fsp3) is 0.294. The van der Waals surface area contributed by atoms with E-state index in [1.54, 1.807) is 7.11 Å². The first-order valence-electron chi connectivity index (χ1n) is 7.42. The second kappa shape index (κ2) is 8.12. The van der Waals surface area contributed by atoms with E-state index in [-0.39, 0.29) is 5.97 Å². The van der Waals surface area contributed by atoms with E-state index < -0.39 is 0 Å². The van der Waals surface area contributed by atoms with Crippen molar-refractivity contribution in [2.75, 3.05) is 24.9 Å². The van der Waals surface area contributed by atoms with Crippen molar-refractivity contribution < 1.29 is 14.3 Å². The Balaban J connectivity index is 2.20. The van der Waals surface area contributed by atoms with Crippen LogP contribution < -0.4 is 15.4 Å². The maximum atomic E-state index is 11.9. The summed E-state index contributed by atoms with van der Waals surface area (Å²) in [4.78, 5) is 13.0. The van der Waals surface area contributed by atoms with E-state index in [0.29, 0.717) is 21.4 Å². The van der Waals surface area contributed by atoms with Crippen LogP contribution in [0.25, 0.3) is 0 Å². The van der Waals surface area contributed by atoms with E-state index in [4.69, 9.17) is 21.7 Å². The zero-order valence-electron chi connectivity index (χ0n) is 14.1. The molecule has 5 nitrogen and oxygen atoms in total. The van der Waals surface area contributed by atoms with Crippen LogP contribution in [0.4, 0.5) is 10.7 Å². The molecular formula is C17H20N2O3S2. The summed E-state index contributed by atoms with van der Waals surface area (Å²) in [5.41, 5.74) is 2.34. The number of benzene rings is 1. The predicted molar refractivity (Wildman–Crippen MR) is 103 cm³/mol. The van der Waals surface area contributed by atoms with Gasteiger partial charge in [-0.2, -0.15) is 0 Å². The van der Waals surface area contributed by atoms with Crippen LogP contribution in [0.5, 0.6) is 5.75 Å². The molecule has 0 bridgehead atoms. The van der Waals surface area contributed by atoms with Gasteiger partial charge in [0.05, 0.1) is 25.5 Å². The zero-order chi connectivity index (χ0) is 17.7. The molecular weight excluding hydrogens is 344 g/mol. The average molecular weight is 364 g/mol. The number of anilines is 2. The molecule has 1 aromatic heterocycles. The molecule has 0 atom stereocenters. The highest BCUT2D eigenvalue weighted by atomic mass is 32.1.